The van der Waals surface area contributed by atoms with Gasteiger partial charge in [-0.3, -0.25) is 0 Å². The third-order valence-electron chi connectivity index (χ3n) is 4.26. The first-order chi connectivity index (χ1) is 10.1. The summed E-state index contributed by atoms with van der Waals surface area (Å²) in [5.74, 6) is 2.55. The first kappa shape index (κ1) is 16.7. The molecule has 1 aromatic heterocycles. The number of nitrogens with zero attached hydrogens (tertiary/aromatic N) is 2. The van der Waals surface area contributed by atoms with Crippen LogP contribution in [0.3, 0.4) is 0 Å². The maximum absolute atomic E-state index is 5.78. The molecule has 2 rings (SSSR count). The Morgan fingerprint density at radius 1 is 1.19 bits per heavy atom. The van der Waals surface area contributed by atoms with Gasteiger partial charge in [0.05, 0.1) is 10.2 Å². The maximum atomic E-state index is 5.78. The fraction of sp³-hybridized carbons (Fsp3) is 0.750. The molecule has 1 heterocycles. The van der Waals surface area contributed by atoms with Crippen LogP contribution in [0.4, 0.5) is 5.82 Å². The van der Waals surface area contributed by atoms with Crippen LogP contribution in [0.5, 0.6) is 0 Å². The molecule has 1 aliphatic carbocycles. The number of aromatic nitrogens is 2. The number of rotatable bonds is 5. The molecule has 5 heteroatoms. The van der Waals surface area contributed by atoms with Crippen LogP contribution < -0.4 is 5.32 Å². The van der Waals surface area contributed by atoms with E-state index in [-0.39, 0.29) is 6.10 Å². The van der Waals surface area contributed by atoms with Crippen molar-refractivity contribution in [2.24, 2.45) is 5.92 Å². The number of halogens is 1. The highest BCUT2D eigenvalue weighted by Crippen LogP contribution is 2.37. The van der Waals surface area contributed by atoms with Crippen LogP contribution >= 0.6 is 15.9 Å². The van der Waals surface area contributed by atoms with Crippen molar-refractivity contribution in [2.75, 3.05) is 19.5 Å². The highest BCUT2D eigenvalue weighted by molar-refractivity contribution is 9.10. The van der Waals surface area contributed by atoms with Crippen molar-refractivity contribution in [3.8, 4) is 0 Å². The normalized spacial score (nSPS) is 18.0. The number of anilines is 1. The van der Waals surface area contributed by atoms with Crippen molar-refractivity contribution in [3.05, 3.63) is 16.0 Å². The third-order valence-corrected chi connectivity index (χ3v) is 5.05. The minimum atomic E-state index is 0.00278. The standard InChI is InChI=1S/C16H26BrN3O/c1-10(2)13-12(17)15(18-3)20-16(19-13)14(21-4)11-8-6-5-7-9-11/h10-11,14H,5-9H2,1-4H3,(H,18,19,20). The van der Waals surface area contributed by atoms with Gasteiger partial charge in [-0.25, -0.2) is 9.97 Å². The first-order valence-corrected chi connectivity index (χ1v) is 8.65. The number of hydrogen-bond acceptors (Lipinski definition) is 4. The molecule has 1 N–H and O–H groups in total. The van der Waals surface area contributed by atoms with Crippen LogP contribution in [0.15, 0.2) is 4.47 Å². The van der Waals surface area contributed by atoms with E-state index in [1.165, 1.54) is 32.1 Å². The van der Waals surface area contributed by atoms with Crippen LogP contribution in [-0.4, -0.2) is 24.1 Å². The van der Waals surface area contributed by atoms with Gasteiger partial charge in [0.25, 0.3) is 0 Å². The molecule has 1 aliphatic rings. The average molecular weight is 356 g/mol. The summed E-state index contributed by atoms with van der Waals surface area (Å²) in [6.07, 6.45) is 6.34. The number of methoxy groups -OCH3 is 1. The minimum Gasteiger partial charge on any atom is -0.373 e. The van der Waals surface area contributed by atoms with E-state index in [1.54, 1.807) is 7.11 Å². The molecule has 4 nitrogen and oxygen atoms in total. The summed E-state index contributed by atoms with van der Waals surface area (Å²) in [5, 5.41) is 3.16. The van der Waals surface area contributed by atoms with Crippen molar-refractivity contribution in [3.63, 3.8) is 0 Å². The van der Waals surface area contributed by atoms with Gasteiger partial charge < -0.3 is 10.1 Å². The monoisotopic (exact) mass is 355 g/mol. The third kappa shape index (κ3) is 3.75. The van der Waals surface area contributed by atoms with Gasteiger partial charge in [0.2, 0.25) is 0 Å². The van der Waals surface area contributed by atoms with Gasteiger partial charge in [-0.05, 0) is 40.6 Å². The molecular formula is C16H26BrN3O. The molecule has 0 aliphatic heterocycles. The summed E-state index contributed by atoms with van der Waals surface area (Å²) in [6, 6.07) is 0. The van der Waals surface area contributed by atoms with Gasteiger partial charge in [0.1, 0.15) is 11.9 Å². The van der Waals surface area contributed by atoms with Crippen molar-refractivity contribution in [1.82, 2.24) is 9.97 Å². The molecule has 1 saturated carbocycles. The van der Waals surface area contributed by atoms with Gasteiger partial charge in [-0.2, -0.15) is 0 Å². The van der Waals surface area contributed by atoms with E-state index in [0.29, 0.717) is 11.8 Å². The van der Waals surface area contributed by atoms with Crippen molar-refractivity contribution in [1.29, 1.82) is 0 Å². The number of ether oxygens (including phenoxy) is 1. The SMILES string of the molecule is CNc1nc(C(OC)C2CCCCC2)nc(C(C)C)c1Br. The van der Waals surface area contributed by atoms with E-state index >= 15 is 0 Å². The summed E-state index contributed by atoms with van der Waals surface area (Å²) in [6.45, 7) is 4.30. The van der Waals surface area contributed by atoms with Gasteiger partial charge >= 0.3 is 0 Å². The lowest BCUT2D eigenvalue weighted by atomic mass is 9.85. The maximum Gasteiger partial charge on any atom is 0.160 e. The molecule has 1 unspecified atom stereocenters. The second kappa shape index (κ2) is 7.54. The second-order valence-corrected chi connectivity index (χ2v) is 6.88. The van der Waals surface area contributed by atoms with Crippen LogP contribution in [0.1, 0.15) is 69.5 Å². The van der Waals surface area contributed by atoms with E-state index in [1.807, 2.05) is 7.05 Å². The Balaban J connectivity index is 2.38. The fourth-order valence-electron chi connectivity index (χ4n) is 3.10. The lowest BCUT2D eigenvalue weighted by Crippen LogP contribution is -2.21. The predicted molar refractivity (Wildman–Crippen MR) is 89.7 cm³/mol. The topological polar surface area (TPSA) is 47.0 Å². The second-order valence-electron chi connectivity index (χ2n) is 6.09. The molecule has 1 aromatic rings. The van der Waals surface area contributed by atoms with Crippen LogP contribution in [0.25, 0.3) is 0 Å². The lowest BCUT2D eigenvalue weighted by Gasteiger charge is -2.29. The van der Waals surface area contributed by atoms with E-state index in [0.717, 1.165) is 21.8 Å². The molecule has 21 heavy (non-hydrogen) atoms. The highest BCUT2D eigenvalue weighted by atomic mass is 79.9. The summed E-state index contributed by atoms with van der Waals surface area (Å²) in [7, 11) is 3.67. The van der Waals surface area contributed by atoms with Crippen molar-refractivity contribution in [2.45, 2.75) is 58.0 Å². The van der Waals surface area contributed by atoms with Crippen molar-refractivity contribution >= 4 is 21.7 Å². The largest absolute Gasteiger partial charge is 0.373 e. The molecule has 1 atom stereocenters. The molecule has 0 saturated heterocycles. The van der Waals surface area contributed by atoms with Crippen LogP contribution in [0, 0.1) is 5.92 Å². The van der Waals surface area contributed by atoms with Crippen LogP contribution in [0.2, 0.25) is 0 Å². The highest BCUT2D eigenvalue weighted by Gasteiger charge is 2.28. The van der Waals surface area contributed by atoms with E-state index in [2.05, 4.69) is 40.1 Å². The van der Waals surface area contributed by atoms with Gasteiger partial charge in [-0.15, -0.1) is 0 Å². The Hall–Kier alpha value is -0.680. The average Bonchev–Trinajstić information content (AvgIpc) is 2.50. The molecular weight excluding hydrogens is 330 g/mol. The number of nitrogens with one attached hydrogen (secondary N) is 1. The Morgan fingerprint density at radius 2 is 1.86 bits per heavy atom. The Kier molecular flexibility index (Phi) is 5.99. The summed E-state index contributed by atoms with van der Waals surface area (Å²) in [4.78, 5) is 9.49. The summed E-state index contributed by atoms with van der Waals surface area (Å²) in [5.41, 5.74) is 1.04. The lowest BCUT2D eigenvalue weighted by molar-refractivity contribution is 0.0288. The summed E-state index contributed by atoms with van der Waals surface area (Å²) >= 11 is 3.61. The Bertz CT molecular complexity index is 473. The first-order valence-electron chi connectivity index (χ1n) is 7.86. The molecule has 0 radical (unpaired) electrons. The number of hydrogen-bond donors (Lipinski definition) is 1. The zero-order valence-corrected chi connectivity index (χ0v) is 15.0. The molecule has 118 valence electrons. The molecule has 0 amide bonds. The Morgan fingerprint density at radius 3 is 2.38 bits per heavy atom. The van der Waals surface area contributed by atoms with Gasteiger partial charge in [0.15, 0.2) is 5.82 Å². The minimum absolute atomic E-state index is 0.00278. The predicted octanol–water partition coefficient (Wildman–Crippen LogP) is 4.67. The molecule has 0 bridgehead atoms. The zero-order valence-electron chi connectivity index (χ0n) is 13.4. The van der Waals surface area contributed by atoms with Gasteiger partial charge in [0, 0.05) is 14.2 Å². The zero-order chi connectivity index (χ0) is 15.4. The fourth-order valence-corrected chi connectivity index (χ4v) is 3.94. The Labute approximate surface area is 136 Å². The molecule has 0 aromatic carbocycles. The van der Waals surface area contributed by atoms with Crippen LogP contribution in [-0.2, 0) is 4.74 Å². The molecule has 1 fully saturated rings. The quantitative estimate of drug-likeness (QED) is 0.833. The van der Waals surface area contributed by atoms with Crippen molar-refractivity contribution < 1.29 is 4.74 Å². The van der Waals surface area contributed by atoms with E-state index in [9.17, 15) is 0 Å². The smallest absolute Gasteiger partial charge is 0.160 e. The van der Waals surface area contributed by atoms with Gasteiger partial charge in [-0.1, -0.05) is 33.1 Å². The molecule has 0 spiro atoms. The summed E-state index contributed by atoms with van der Waals surface area (Å²) < 4.78 is 6.74. The van der Waals surface area contributed by atoms with E-state index < -0.39 is 0 Å². The van der Waals surface area contributed by atoms with E-state index in [4.69, 9.17) is 9.72 Å².